The maximum Gasteiger partial charge on any atom is 0.340 e. The number of rotatable bonds is 6. The summed E-state index contributed by atoms with van der Waals surface area (Å²) in [7, 11) is 0. The average molecular weight is 423 g/mol. The van der Waals surface area contributed by atoms with E-state index in [0.29, 0.717) is 11.6 Å². The molecule has 1 unspecified atom stereocenters. The van der Waals surface area contributed by atoms with Gasteiger partial charge in [-0.05, 0) is 40.5 Å². The van der Waals surface area contributed by atoms with Crippen LogP contribution in [0, 0.1) is 0 Å². The van der Waals surface area contributed by atoms with Gasteiger partial charge in [-0.25, -0.2) is 9.89 Å². The number of hydrogen-bond donors (Lipinski definition) is 2. The molecule has 0 fully saturated rings. The first-order chi connectivity index (χ1) is 9.58. The van der Waals surface area contributed by atoms with Crippen LogP contribution in [0.5, 0.6) is 5.75 Å². The van der Waals surface area contributed by atoms with Crippen LogP contribution in [0.2, 0.25) is 0 Å². The van der Waals surface area contributed by atoms with Crippen LogP contribution in [0.3, 0.4) is 0 Å². The highest BCUT2D eigenvalue weighted by Gasteiger charge is 2.12. The Morgan fingerprint density at radius 3 is 2.85 bits per heavy atom. The monoisotopic (exact) mass is 421 g/mol. The van der Waals surface area contributed by atoms with E-state index in [9.17, 15) is 4.79 Å². The molecule has 1 heterocycles. The Balaban J connectivity index is 1.96. The number of H-pyrrole nitrogens is 2. The Hall–Kier alpha value is -0.730. The van der Waals surface area contributed by atoms with Crippen LogP contribution in [-0.2, 0) is 5.75 Å². The quantitative estimate of drug-likeness (QED) is 0.696. The minimum Gasteiger partial charge on any atom is -0.479 e. The molecule has 0 aliphatic heterocycles. The fraction of sp³-hybridized carbons (Fsp3) is 0.333. The molecule has 0 amide bonds. The summed E-state index contributed by atoms with van der Waals surface area (Å²) in [5, 5.41) is 6.22. The van der Waals surface area contributed by atoms with Gasteiger partial charge in [-0.2, -0.15) is 5.10 Å². The maximum atomic E-state index is 10.9. The summed E-state index contributed by atoms with van der Waals surface area (Å²) in [4.78, 5) is 13.6. The molecule has 2 N–H and O–H groups in total. The van der Waals surface area contributed by atoms with Crippen LogP contribution in [0.25, 0.3) is 0 Å². The van der Waals surface area contributed by atoms with E-state index < -0.39 is 0 Å². The van der Waals surface area contributed by atoms with Crippen LogP contribution in [0.15, 0.2) is 31.9 Å². The van der Waals surface area contributed by atoms with E-state index in [1.54, 1.807) is 11.8 Å². The van der Waals surface area contributed by atoms with E-state index in [-0.39, 0.29) is 11.1 Å². The first-order valence-corrected chi connectivity index (χ1v) is 8.59. The third kappa shape index (κ3) is 4.39. The Morgan fingerprint density at radius 2 is 2.25 bits per heavy atom. The SMILES string of the molecule is CCC(Oc1ccc(Br)cc1Br)SCc1n[nH]c(=O)[nH]1. The van der Waals surface area contributed by atoms with E-state index in [2.05, 4.69) is 54.0 Å². The molecule has 0 saturated carbocycles. The second-order valence-electron chi connectivity index (χ2n) is 3.97. The number of hydrogen-bond acceptors (Lipinski definition) is 4. The maximum absolute atomic E-state index is 10.9. The lowest BCUT2D eigenvalue weighted by molar-refractivity contribution is 0.282. The highest BCUT2D eigenvalue weighted by atomic mass is 79.9. The van der Waals surface area contributed by atoms with Gasteiger partial charge in [-0.1, -0.05) is 22.9 Å². The zero-order valence-corrected chi connectivity index (χ0v) is 14.6. The zero-order chi connectivity index (χ0) is 14.5. The van der Waals surface area contributed by atoms with Crippen LogP contribution in [-0.4, -0.2) is 20.6 Å². The number of aromatic amines is 2. The van der Waals surface area contributed by atoms with Gasteiger partial charge in [0.2, 0.25) is 0 Å². The molecule has 2 aromatic rings. The lowest BCUT2D eigenvalue weighted by Crippen LogP contribution is -2.12. The predicted octanol–water partition coefficient (Wildman–Crippen LogP) is 3.67. The van der Waals surface area contributed by atoms with Crippen molar-refractivity contribution < 1.29 is 4.74 Å². The van der Waals surface area contributed by atoms with E-state index in [0.717, 1.165) is 21.1 Å². The first kappa shape index (κ1) is 15.7. The van der Waals surface area contributed by atoms with Gasteiger partial charge in [0.25, 0.3) is 0 Å². The number of benzene rings is 1. The van der Waals surface area contributed by atoms with Crippen molar-refractivity contribution in [1.82, 2.24) is 15.2 Å². The highest BCUT2D eigenvalue weighted by molar-refractivity contribution is 9.11. The van der Waals surface area contributed by atoms with Crippen LogP contribution in [0.4, 0.5) is 0 Å². The number of nitrogens with one attached hydrogen (secondary N) is 2. The second kappa shape index (κ2) is 7.33. The molecule has 2 rings (SSSR count). The second-order valence-corrected chi connectivity index (χ2v) is 6.88. The normalized spacial score (nSPS) is 12.3. The summed E-state index contributed by atoms with van der Waals surface area (Å²) in [6.07, 6.45) is 0.849. The summed E-state index contributed by atoms with van der Waals surface area (Å²) in [5.74, 6) is 2.01. The van der Waals surface area contributed by atoms with Gasteiger partial charge < -0.3 is 4.74 Å². The van der Waals surface area contributed by atoms with E-state index in [1.807, 2.05) is 18.2 Å². The van der Waals surface area contributed by atoms with Gasteiger partial charge >= 0.3 is 5.69 Å². The van der Waals surface area contributed by atoms with Crippen LogP contribution < -0.4 is 10.4 Å². The summed E-state index contributed by atoms with van der Waals surface area (Å²) in [6, 6.07) is 5.79. The molecule has 8 heteroatoms. The lowest BCUT2D eigenvalue weighted by atomic mass is 10.3. The summed E-state index contributed by atoms with van der Waals surface area (Å²) >= 11 is 8.47. The number of thioether (sulfide) groups is 1. The third-order valence-corrected chi connectivity index (χ3v) is 4.80. The molecule has 0 aliphatic carbocycles. The first-order valence-electron chi connectivity index (χ1n) is 5.95. The Bertz CT molecular complexity index is 629. The van der Waals surface area contributed by atoms with Gasteiger partial charge in [0.1, 0.15) is 17.0 Å². The number of nitrogens with zero attached hydrogens (tertiary/aromatic N) is 1. The molecule has 0 bridgehead atoms. The molecule has 1 aromatic carbocycles. The molecule has 108 valence electrons. The van der Waals surface area contributed by atoms with Gasteiger partial charge in [-0.3, -0.25) is 4.98 Å². The smallest absolute Gasteiger partial charge is 0.340 e. The molecular weight excluding hydrogens is 410 g/mol. The summed E-state index contributed by atoms with van der Waals surface area (Å²) in [5.41, 5.74) is -0.294. The number of halogens is 2. The molecule has 0 saturated heterocycles. The molecule has 1 atom stereocenters. The lowest BCUT2D eigenvalue weighted by Gasteiger charge is -2.17. The molecule has 5 nitrogen and oxygen atoms in total. The summed E-state index contributed by atoms with van der Waals surface area (Å²) < 4.78 is 7.84. The van der Waals surface area contributed by atoms with Gasteiger partial charge in [0.05, 0.1) is 10.2 Å². The van der Waals surface area contributed by atoms with Crippen LogP contribution in [0.1, 0.15) is 19.2 Å². The molecule has 0 aliphatic rings. The fourth-order valence-electron chi connectivity index (χ4n) is 1.49. The molecule has 20 heavy (non-hydrogen) atoms. The Labute approximate surface area is 137 Å². The minimum atomic E-state index is -0.287. The third-order valence-electron chi connectivity index (χ3n) is 2.44. The molecule has 0 radical (unpaired) electrons. The fourth-order valence-corrected chi connectivity index (χ4v) is 3.52. The minimum absolute atomic E-state index is 0.00678. The van der Waals surface area contributed by atoms with Gasteiger partial charge in [0, 0.05) is 4.47 Å². The van der Waals surface area contributed by atoms with Crippen molar-refractivity contribution in [3.05, 3.63) is 43.5 Å². The topological polar surface area (TPSA) is 70.8 Å². The Morgan fingerprint density at radius 1 is 1.45 bits per heavy atom. The van der Waals surface area contributed by atoms with Crippen LogP contribution >= 0.6 is 43.6 Å². The van der Waals surface area contributed by atoms with Gasteiger partial charge in [0.15, 0.2) is 0 Å². The zero-order valence-electron chi connectivity index (χ0n) is 10.7. The van der Waals surface area contributed by atoms with E-state index >= 15 is 0 Å². The van der Waals surface area contributed by atoms with Gasteiger partial charge in [-0.15, -0.1) is 11.8 Å². The average Bonchev–Trinajstić information content (AvgIpc) is 2.82. The van der Waals surface area contributed by atoms with Crippen molar-refractivity contribution in [3.63, 3.8) is 0 Å². The van der Waals surface area contributed by atoms with E-state index in [4.69, 9.17) is 4.74 Å². The Kier molecular flexibility index (Phi) is 5.74. The van der Waals surface area contributed by atoms with Crippen molar-refractivity contribution in [3.8, 4) is 5.75 Å². The highest BCUT2D eigenvalue weighted by Crippen LogP contribution is 2.31. The summed E-state index contributed by atoms with van der Waals surface area (Å²) in [6.45, 7) is 2.05. The van der Waals surface area contributed by atoms with Crippen molar-refractivity contribution >= 4 is 43.6 Å². The van der Waals surface area contributed by atoms with Crippen molar-refractivity contribution in [2.75, 3.05) is 0 Å². The van der Waals surface area contributed by atoms with Crippen molar-refractivity contribution in [1.29, 1.82) is 0 Å². The van der Waals surface area contributed by atoms with E-state index in [1.165, 1.54) is 0 Å². The van der Waals surface area contributed by atoms with Crippen molar-refractivity contribution in [2.45, 2.75) is 24.5 Å². The predicted molar refractivity (Wildman–Crippen MR) is 87.1 cm³/mol. The number of ether oxygens (including phenoxy) is 1. The molecule has 1 aromatic heterocycles. The van der Waals surface area contributed by atoms with Crippen molar-refractivity contribution in [2.24, 2.45) is 0 Å². The largest absolute Gasteiger partial charge is 0.479 e. The standard InChI is InChI=1S/C12H13Br2N3O2S/c1-2-11(20-6-10-15-12(18)17-16-10)19-9-4-3-7(13)5-8(9)14/h3-5,11H,2,6H2,1H3,(H2,15,16,17,18). The molecule has 0 spiro atoms. The number of aromatic nitrogens is 3. The molecular formula is C12H13Br2N3O2S.